The molecule has 3 fully saturated rings. The molecule has 1 saturated heterocycles. The molecule has 1 aromatic carbocycles. The highest BCUT2D eigenvalue weighted by Crippen LogP contribution is 2.49. The number of aromatic nitrogens is 1. The summed E-state index contributed by atoms with van der Waals surface area (Å²) < 4.78 is 80.9. The predicted molar refractivity (Wildman–Crippen MR) is 202 cm³/mol. The van der Waals surface area contributed by atoms with Crippen molar-refractivity contribution in [3.63, 3.8) is 0 Å². The molecule has 13 nitrogen and oxygen atoms in total. The van der Waals surface area contributed by atoms with Crippen LogP contribution in [0.4, 0.5) is 18.0 Å². The van der Waals surface area contributed by atoms with E-state index < -0.39 is 79.5 Å². The average molecular weight is 818 g/mol. The Morgan fingerprint density at radius 2 is 1.88 bits per heavy atom. The Bertz CT molecular complexity index is 2120. The Labute approximate surface area is 329 Å². The van der Waals surface area contributed by atoms with E-state index in [1.807, 2.05) is 26.0 Å². The molecular formula is C40H50F3N5O8S. The molecule has 3 N–H and O–H groups in total. The lowest BCUT2D eigenvalue weighted by molar-refractivity contribution is -0.141. The van der Waals surface area contributed by atoms with Gasteiger partial charge < -0.3 is 25.0 Å². The monoisotopic (exact) mass is 817 g/mol. The van der Waals surface area contributed by atoms with Crippen LogP contribution >= 0.6 is 0 Å². The lowest BCUT2D eigenvalue weighted by atomic mass is 9.87. The number of pyridine rings is 1. The standard InChI is InChI=1S/C40H50F3N5O8S/c1-23(2)21-55-36(52)45-30-11-9-7-5-6-8-10-26-19-39(26,35(51)47-57(53,54)37(4)16-17-37)46-33(49)31-20-38(22-48(31)34(30)50)15-14-27-28-18-25(40(41,42)43)12-13-29(28)44-24(3)32(27)56-38/h8,10,12-13,18,23,26,30-31H,5-7,9,11,14-17,19-22H2,1-4H3,(H,45,52)(H,46,49)(H,47,51). The summed E-state index contributed by atoms with van der Waals surface area (Å²) in [4.78, 5) is 62.0. The molecule has 3 aliphatic heterocycles. The first kappa shape index (κ1) is 40.8. The predicted octanol–water partition coefficient (Wildman–Crippen LogP) is 5.37. The number of benzene rings is 1. The molecule has 310 valence electrons. The van der Waals surface area contributed by atoms with E-state index in [1.165, 1.54) is 11.0 Å². The van der Waals surface area contributed by atoms with Crippen molar-refractivity contribution >= 4 is 44.7 Å². The Balaban J connectivity index is 1.24. The summed E-state index contributed by atoms with van der Waals surface area (Å²) in [6.45, 7) is 7.00. The maximum Gasteiger partial charge on any atom is 0.416 e. The molecule has 0 bridgehead atoms. The van der Waals surface area contributed by atoms with Gasteiger partial charge in [0.1, 0.15) is 29.0 Å². The molecule has 1 aromatic heterocycles. The molecule has 57 heavy (non-hydrogen) atoms. The van der Waals surface area contributed by atoms with E-state index in [2.05, 4.69) is 20.3 Å². The molecule has 17 heteroatoms. The van der Waals surface area contributed by atoms with E-state index in [0.717, 1.165) is 18.6 Å². The molecule has 2 aliphatic carbocycles. The molecule has 5 unspecified atom stereocenters. The molecule has 1 spiro atoms. The van der Waals surface area contributed by atoms with Gasteiger partial charge in [0.25, 0.3) is 5.91 Å². The highest BCUT2D eigenvalue weighted by molar-refractivity contribution is 7.91. The molecule has 0 radical (unpaired) electrons. The third kappa shape index (κ3) is 8.04. The largest absolute Gasteiger partial charge is 0.483 e. The SMILES string of the molecule is Cc1nc2ccc(C(F)(F)F)cc2c2c1OC1(CC2)CC2C(=O)NC3(C(=O)NS(=O)(=O)C4(C)CC4)CC3C=CCCCCCC(NC(=O)OCC(C)C)C(=O)N2C1. The zero-order valence-electron chi connectivity index (χ0n) is 32.6. The van der Waals surface area contributed by atoms with Gasteiger partial charge in [-0.1, -0.05) is 38.8 Å². The van der Waals surface area contributed by atoms with E-state index in [9.17, 15) is 40.8 Å². The van der Waals surface area contributed by atoms with Crippen LogP contribution in [0.2, 0.25) is 0 Å². The van der Waals surface area contributed by atoms with E-state index in [-0.39, 0.29) is 56.9 Å². The van der Waals surface area contributed by atoms with Gasteiger partial charge in [0.05, 0.1) is 34.7 Å². The first-order valence-corrected chi connectivity index (χ1v) is 21.2. The van der Waals surface area contributed by atoms with Crippen molar-refractivity contribution < 1.29 is 50.2 Å². The number of sulfonamides is 1. The van der Waals surface area contributed by atoms with Crippen molar-refractivity contribution in [3.05, 3.63) is 47.2 Å². The summed E-state index contributed by atoms with van der Waals surface area (Å²) in [5.74, 6) is -2.30. The lowest BCUT2D eigenvalue weighted by Crippen LogP contribution is -2.58. The maximum atomic E-state index is 14.7. The summed E-state index contributed by atoms with van der Waals surface area (Å²) >= 11 is 0. The first-order chi connectivity index (χ1) is 26.8. The first-order valence-electron chi connectivity index (χ1n) is 19.8. The number of rotatable bonds is 6. The maximum absolute atomic E-state index is 14.7. The zero-order valence-corrected chi connectivity index (χ0v) is 33.4. The number of alkyl carbamates (subject to hydrolysis) is 1. The topological polar surface area (TPSA) is 173 Å². The molecule has 4 heterocycles. The fourth-order valence-electron chi connectivity index (χ4n) is 8.29. The molecule has 5 aliphatic rings. The molecule has 5 atom stereocenters. The summed E-state index contributed by atoms with van der Waals surface area (Å²) in [5.41, 5.74) is -2.27. The van der Waals surface area contributed by atoms with Crippen molar-refractivity contribution in [1.29, 1.82) is 0 Å². The Kier molecular flexibility index (Phi) is 10.6. The fourth-order valence-corrected chi connectivity index (χ4v) is 9.61. The molecule has 4 amide bonds. The number of nitrogens with zero attached hydrogens (tertiary/aromatic N) is 2. The summed E-state index contributed by atoms with van der Waals surface area (Å²) in [5, 5.41) is 5.87. The molecule has 2 aromatic rings. The Morgan fingerprint density at radius 3 is 2.58 bits per heavy atom. The number of carbonyl (C=O) groups excluding carboxylic acids is 4. The highest BCUT2D eigenvalue weighted by atomic mass is 32.2. The third-order valence-corrected chi connectivity index (χ3v) is 14.3. The van der Waals surface area contributed by atoms with Gasteiger partial charge in [-0.25, -0.2) is 18.2 Å². The smallest absolute Gasteiger partial charge is 0.416 e. The van der Waals surface area contributed by atoms with Crippen LogP contribution < -0.4 is 20.1 Å². The van der Waals surface area contributed by atoms with Crippen molar-refractivity contribution in [2.24, 2.45) is 11.8 Å². The van der Waals surface area contributed by atoms with Gasteiger partial charge in [-0.3, -0.25) is 19.1 Å². The van der Waals surface area contributed by atoms with Crippen LogP contribution in [-0.2, 0) is 41.7 Å². The van der Waals surface area contributed by atoms with E-state index in [4.69, 9.17) is 9.47 Å². The van der Waals surface area contributed by atoms with Gasteiger partial charge in [0.2, 0.25) is 21.8 Å². The quantitative estimate of drug-likeness (QED) is 0.324. The number of hydrogen-bond donors (Lipinski definition) is 3. The van der Waals surface area contributed by atoms with Crippen molar-refractivity contribution in [2.45, 2.75) is 132 Å². The minimum absolute atomic E-state index is 0.0401. The summed E-state index contributed by atoms with van der Waals surface area (Å²) in [6, 6.07) is 1.07. The number of hydrogen-bond acceptors (Lipinski definition) is 9. The molecular weight excluding hydrogens is 768 g/mol. The Morgan fingerprint density at radius 1 is 1.12 bits per heavy atom. The van der Waals surface area contributed by atoms with Crippen LogP contribution in [0.5, 0.6) is 5.75 Å². The highest BCUT2D eigenvalue weighted by Gasteiger charge is 2.64. The summed E-state index contributed by atoms with van der Waals surface area (Å²) in [6.07, 6.45) is 2.68. The lowest BCUT2D eigenvalue weighted by Gasteiger charge is -2.37. The van der Waals surface area contributed by atoms with Gasteiger partial charge in [-0.15, -0.1) is 0 Å². The normalized spacial score (nSPS) is 28.6. The second-order valence-electron chi connectivity index (χ2n) is 17.1. The number of carbonyl (C=O) groups is 4. The number of ether oxygens (including phenoxy) is 2. The van der Waals surface area contributed by atoms with Gasteiger partial charge in [-0.05, 0) is 89.3 Å². The number of allylic oxidation sites excluding steroid dienone is 1. The second-order valence-corrected chi connectivity index (χ2v) is 19.3. The van der Waals surface area contributed by atoms with Crippen LogP contribution in [-0.4, -0.2) is 83.2 Å². The molecule has 7 rings (SSSR count). The van der Waals surface area contributed by atoms with Gasteiger partial charge in [0, 0.05) is 23.3 Å². The van der Waals surface area contributed by atoms with Gasteiger partial charge >= 0.3 is 12.3 Å². The van der Waals surface area contributed by atoms with Crippen LogP contribution in [0.3, 0.4) is 0 Å². The summed E-state index contributed by atoms with van der Waals surface area (Å²) in [7, 11) is -4.05. The fraction of sp³-hybridized carbons (Fsp3) is 0.625. The Hall–Kier alpha value is -4.41. The minimum atomic E-state index is -4.58. The number of amides is 4. The number of aryl methyl sites for hydroxylation is 2. The number of halogens is 3. The number of alkyl halides is 3. The van der Waals surface area contributed by atoms with Crippen LogP contribution in [0, 0.1) is 18.8 Å². The van der Waals surface area contributed by atoms with Gasteiger partial charge in [-0.2, -0.15) is 13.2 Å². The third-order valence-electron chi connectivity index (χ3n) is 12.1. The van der Waals surface area contributed by atoms with E-state index in [0.29, 0.717) is 54.3 Å². The van der Waals surface area contributed by atoms with Crippen LogP contribution in [0.15, 0.2) is 30.4 Å². The average Bonchev–Trinajstić information content (AvgIpc) is 4.03. The number of fused-ring (bicyclic) bond motifs is 5. The van der Waals surface area contributed by atoms with Crippen LogP contribution in [0.1, 0.15) is 102 Å². The number of nitrogens with one attached hydrogen (secondary N) is 3. The minimum Gasteiger partial charge on any atom is -0.483 e. The zero-order chi connectivity index (χ0) is 41.1. The van der Waals surface area contributed by atoms with E-state index in [1.54, 1.807) is 13.8 Å². The molecule has 2 saturated carbocycles. The van der Waals surface area contributed by atoms with E-state index >= 15 is 0 Å². The van der Waals surface area contributed by atoms with Crippen LogP contribution in [0.25, 0.3) is 10.9 Å². The second kappa shape index (κ2) is 14.8. The van der Waals surface area contributed by atoms with Crippen molar-refractivity contribution in [2.75, 3.05) is 13.2 Å². The van der Waals surface area contributed by atoms with Gasteiger partial charge in [0.15, 0.2) is 0 Å². The van der Waals surface area contributed by atoms with Crippen molar-refractivity contribution in [1.82, 2.24) is 25.2 Å². The van der Waals surface area contributed by atoms with Crippen molar-refractivity contribution in [3.8, 4) is 5.75 Å².